The fraction of sp³-hybridized carbons (Fsp3) is 0.769. The molecule has 0 aromatic rings. The maximum atomic E-state index is 12.1. The molecule has 18 heavy (non-hydrogen) atoms. The van der Waals surface area contributed by atoms with Crippen molar-refractivity contribution in [1.29, 1.82) is 0 Å². The Hall–Kier alpha value is -0.680. The molecule has 0 radical (unpaired) electrons. The van der Waals surface area contributed by atoms with Gasteiger partial charge in [-0.2, -0.15) is 4.31 Å². The van der Waals surface area contributed by atoms with Gasteiger partial charge in [0.05, 0.1) is 5.25 Å². The topological polar surface area (TPSA) is 54.5 Å². The second-order valence-electron chi connectivity index (χ2n) is 6.05. The summed E-state index contributed by atoms with van der Waals surface area (Å²) in [6, 6.07) is 0. The quantitative estimate of drug-likeness (QED) is 0.739. The van der Waals surface area contributed by atoms with Crippen molar-refractivity contribution in [2.45, 2.75) is 46.3 Å². The van der Waals surface area contributed by atoms with Gasteiger partial charge in [0.2, 0.25) is 10.0 Å². The van der Waals surface area contributed by atoms with Crippen LogP contribution in [-0.2, 0) is 14.8 Å². The van der Waals surface area contributed by atoms with E-state index in [2.05, 4.69) is 20.8 Å². The Balaban J connectivity index is 3.08. The third kappa shape index (κ3) is 3.01. The predicted molar refractivity (Wildman–Crippen MR) is 72.8 cm³/mol. The summed E-state index contributed by atoms with van der Waals surface area (Å²) in [6.07, 6.45) is 1.45. The molecule has 0 fully saturated rings. The zero-order valence-corrected chi connectivity index (χ0v) is 12.7. The van der Waals surface area contributed by atoms with Gasteiger partial charge in [0, 0.05) is 18.7 Å². The normalized spacial score (nSPS) is 19.4. The summed E-state index contributed by atoms with van der Waals surface area (Å²) < 4.78 is 25.6. The molecule has 0 N–H and O–H groups in total. The van der Waals surface area contributed by atoms with Gasteiger partial charge >= 0.3 is 0 Å². The average Bonchev–Trinajstić information content (AvgIpc) is 2.26. The first-order valence-electron chi connectivity index (χ1n) is 6.27. The number of carbonyl (C=O) groups is 1. The third-order valence-corrected chi connectivity index (χ3v) is 5.57. The van der Waals surface area contributed by atoms with Crippen molar-refractivity contribution in [3.05, 3.63) is 11.1 Å². The highest BCUT2D eigenvalue weighted by atomic mass is 32.2. The Labute approximate surface area is 110 Å². The summed E-state index contributed by atoms with van der Waals surface area (Å²) in [5.41, 5.74) is 1.62. The molecule has 1 aliphatic rings. The van der Waals surface area contributed by atoms with Crippen molar-refractivity contribution >= 4 is 16.3 Å². The molecular weight excluding hydrogens is 250 g/mol. The molecule has 1 heterocycles. The number of hydrogen-bond acceptors (Lipinski definition) is 3. The first-order valence-corrected chi connectivity index (χ1v) is 7.77. The van der Waals surface area contributed by atoms with Crippen LogP contribution in [0.25, 0.3) is 0 Å². The number of aldehydes is 1. The highest BCUT2D eigenvalue weighted by molar-refractivity contribution is 7.89. The fourth-order valence-corrected chi connectivity index (χ4v) is 3.50. The van der Waals surface area contributed by atoms with Crippen LogP contribution in [0.5, 0.6) is 0 Å². The third-order valence-electron chi connectivity index (χ3n) is 3.35. The fourth-order valence-electron chi connectivity index (χ4n) is 2.24. The smallest absolute Gasteiger partial charge is 0.216 e. The first-order chi connectivity index (χ1) is 8.10. The van der Waals surface area contributed by atoms with Crippen molar-refractivity contribution in [1.82, 2.24) is 4.31 Å². The maximum Gasteiger partial charge on any atom is 0.216 e. The van der Waals surface area contributed by atoms with Crippen molar-refractivity contribution in [2.24, 2.45) is 5.41 Å². The Bertz CT molecular complexity index is 455. The molecule has 0 saturated heterocycles. The summed E-state index contributed by atoms with van der Waals surface area (Å²) in [7, 11) is -3.27. The highest BCUT2D eigenvalue weighted by Crippen LogP contribution is 2.34. The van der Waals surface area contributed by atoms with Crippen LogP contribution in [0.2, 0.25) is 0 Å². The zero-order chi connectivity index (χ0) is 14.1. The number of carbonyl (C=O) groups excluding carboxylic acids is 1. The van der Waals surface area contributed by atoms with E-state index in [1.807, 2.05) is 0 Å². The lowest BCUT2D eigenvalue weighted by atomic mass is 9.80. The molecule has 0 atom stereocenters. The van der Waals surface area contributed by atoms with Crippen LogP contribution in [0.3, 0.4) is 0 Å². The minimum absolute atomic E-state index is 0.0794. The summed E-state index contributed by atoms with van der Waals surface area (Å²) in [4.78, 5) is 11.2. The monoisotopic (exact) mass is 273 g/mol. The van der Waals surface area contributed by atoms with E-state index < -0.39 is 15.3 Å². The van der Waals surface area contributed by atoms with E-state index in [0.29, 0.717) is 18.5 Å². The van der Waals surface area contributed by atoms with Gasteiger partial charge < -0.3 is 0 Å². The molecule has 4 nitrogen and oxygen atoms in total. The van der Waals surface area contributed by atoms with Crippen molar-refractivity contribution in [2.75, 3.05) is 13.1 Å². The highest BCUT2D eigenvalue weighted by Gasteiger charge is 2.33. The lowest BCUT2D eigenvalue weighted by Crippen LogP contribution is -2.42. The Kier molecular flexibility index (Phi) is 4.38. The van der Waals surface area contributed by atoms with E-state index >= 15 is 0 Å². The summed E-state index contributed by atoms with van der Waals surface area (Å²) >= 11 is 0. The number of rotatable bonds is 3. The van der Waals surface area contributed by atoms with E-state index in [4.69, 9.17) is 0 Å². The standard InChI is InChI=1S/C13H23NO3S/c1-10(2)18(16,17)14-7-6-12(13(3,4)5)11(8-14)9-15/h9-10H,6-8H2,1-5H3. The Morgan fingerprint density at radius 1 is 1.28 bits per heavy atom. The largest absolute Gasteiger partial charge is 0.298 e. The van der Waals surface area contributed by atoms with Gasteiger partial charge in [0.25, 0.3) is 0 Å². The molecule has 5 heteroatoms. The SMILES string of the molecule is CC(C)S(=O)(=O)N1CCC(C(C)(C)C)=C(C=O)C1. The van der Waals surface area contributed by atoms with E-state index in [9.17, 15) is 13.2 Å². The van der Waals surface area contributed by atoms with Crippen LogP contribution in [0, 0.1) is 5.41 Å². The van der Waals surface area contributed by atoms with Gasteiger partial charge in [-0.1, -0.05) is 26.3 Å². The first kappa shape index (κ1) is 15.4. The number of nitrogens with zero attached hydrogens (tertiary/aromatic N) is 1. The van der Waals surface area contributed by atoms with Gasteiger partial charge in [0.15, 0.2) is 0 Å². The van der Waals surface area contributed by atoms with E-state index in [1.165, 1.54) is 4.31 Å². The zero-order valence-electron chi connectivity index (χ0n) is 11.9. The van der Waals surface area contributed by atoms with Gasteiger partial charge in [-0.3, -0.25) is 4.79 Å². The second-order valence-corrected chi connectivity index (χ2v) is 8.54. The second kappa shape index (κ2) is 5.13. The summed E-state index contributed by atoms with van der Waals surface area (Å²) in [5.74, 6) is 0. The van der Waals surface area contributed by atoms with Crippen LogP contribution >= 0.6 is 0 Å². The molecular formula is C13H23NO3S. The molecule has 0 saturated carbocycles. The minimum Gasteiger partial charge on any atom is -0.298 e. The van der Waals surface area contributed by atoms with Gasteiger partial charge in [-0.15, -0.1) is 0 Å². The molecule has 0 aromatic heterocycles. The maximum absolute atomic E-state index is 12.1. The molecule has 1 aliphatic heterocycles. The van der Waals surface area contributed by atoms with E-state index in [1.54, 1.807) is 13.8 Å². The number of sulfonamides is 1. The Morgan fingerprint density at radius 3 is 2.22 bits per heavy atom. The minimum atomic E-state index is -3.27. The summed E-state index contributed by atoms with van der Waals surface area (Å²) in [6.45, 7) is 10.2. The molecule has 0 unspecified atom stereocenters. The van der Waals surface area contributed by atoms with E-state index in [-0.39, 0.29) is 12.0 Å². The van der Waals surface area contributed by atoms with Gasteiger partial charge in [-0.25, -0.2) is 8.42 Å². The van der Waals surface area contributed by atoms with Gasteiger partial charge in [0.1, 0.15) is 6.29 Å². The van der Waals surface area contributed by atoms with Crippen LogP contribution in [0.1, 0.15) is 41.0 Å². The molecule has 0 aliphatic carbocycles. The van der Waals surface area contributed by atoms with Crippen molar-refractivity contribution in [3.8, 4) is 0 Å². The molecule has 0 aromatic carbocycles. The van der Waals surface area contributed by atoms with Gasteiger partial charge in [-0.05, 0) is 25.7 Å². The van der Waals surface area contributed by atoms with Crippen LogP contribution < -0.4 is 0 Å². The average molecular weight is 273 g/mol. The number of hydrogen-bond donors (Lipinski definition) is 0. The summed E-state index contributed by atoms with van der Waals surface area (Å²) in [5, 5.41) is -0.443. The molecule has 0 spiro atoms. The van der Waals surface area contributed by atoms with E-state index in [0.717, 1.165) is 11.9 Å². The molecule has 1 rings (SSSR count). The van der Waals surface area contributed by atoms with Crippen LogP contribution in [0.15, 0.2) is 11.1 Å². The Morgan fingerprint density at radius 2 is 1.83 bits per heavy atom. The molecule has 0 amide bonds. The van der Waals surface area contributed by atoms with Crippen molar-refractivity contribution < 1.29 is 13.2 Å². The van der Waals surface area contributed by atoms with Crippen LogP contribution in [0.4, 0.5) is 0 Å². The van der Waals surface area contributed by atoms with Crippen molar-refractivity contribution in [3.63, 3.8) is 0 Å². The van der Waals surface area contributed by atoms with Crippen LogP contribution in [-0.4, -0.2) is 37.3 Å². The predicted octanol–water partition coefficient (Wildman–Crippen LogP) is 1.97. The molecule has 104 valence electrons. The lowest BCUT2D eigenvalue weighted by Gasteiger charge is -2.34. The lowest BCUT2D eigenvalue weighted by molar-refractivity contribution is -0.105. The molecule has 0 bridgehead atoms.